The van der Waals surface area contributed by atoms with Crippen molar-refractivity contribution in [3.8, 4) is 0 Å². The molecule has 0 saturated carbocycles. The van der Waals surface area contributed by atoms with Crippen molar-refractivity contribution in [1.29, 1.82) is 0 Å². The Balaban J connectivity index is 1.43. The van der Waals surface area contributed by atoms with Crippen molar-refractivity contribution in [2.24, 2.45) is 0 Å². The summed E-state index contributed by atoms with van der Waals surface area (Å²) in [5.74, 6) is 0.206. The third kappa shape index (κ3) is 5.20. The monoisotopic (exact) mass is 439 g/mol. The lowest BCUT2D eigenvalue weighted by Crippen LogP contribution is -2.09. The third-order valence-corrected chi connectivity index (χ3v) is 6.11. The number of hydrogen-bond acceptors (Lipinski definition) is 5. The van der Waals surface area contributed by atoms with E-state index in [-0.39, 0.29) is 11.6 Å². The molecule has 5 heteroatoms. The summed E-state index contributed by atoms with van der Waals surface area (Å²) in [7, 11) is 3.97. The molecule has 1 N–H and O–H groups in total. The van der Waals surface area contributed by atoms with Gasteiger partial charge in [0.05, 0.1) is 17.6 Å². The van der Waals surface area contributed by atoms with Gasteiger partial charge in [-0.2, -0.15) is 0 Å². The average molecular weight is 440 g/mol. The highest BCUT2D eigenvalue weighted by Crippen LogP contribution is 2.26. The second-order valence-electron chi connectivity index (χ2n) is 8.82. The average Bonchev–Trinajstić information content (AvgIpc) is 3.23. The van der Waals surface area contributed by atoms with Crippen molar-refractivity contribution in [1.82, 2.24) is 4.98 Å². The van der Waals surface area contributed by atoms with Crippen LogP contribution in [-0.4, -0.2) is 30.6 Å². The summed E-state index contributed by atoms with van der Waals surface area (Å²) in [4.78, 5) is 31.0. The number of benzene rings is 2. The maximum Gasteiger partial charge on any atom is 0.167 e. The van der Waals surface area contributed by atoms with E-state index in [1.54, 1.807) is 6.92 Å². The van der Waals surface area contributed by atoms with Crippen molar-refractivity contribution >= 4 is 29.0 Å². The fourth-order valence-corrected chi connectivity index (χ4v) is 3.98. The summed E-state index contributed by atoms with van der Waals surface area (Å²) < 4.78 is 0. The predicted molar refractivity (Wildman–Crippen MR) is 134 cm³/mol. The van der Waals surface area contributed by atoms with Crippen molar-refractivity contribution in [3.63, 3.8) is 0 Å². The summed E-state index contributed by atoms with van der Waals surface area (Å²) in [6, 6.07) is 15.9. The zero-order chi connectivity index (χ0) is 23.5. The summed E-state index contributed by atoms with van der Waals surface area (Å²) in [6.45, 7) is 4.30. The van der Waals surface area contributed by atoms with Crippen LogP contribution in [-0.2, 0) is 24.2 Å². The molecule has 1 heterocycles. The van der Waals surface area contributed by atoms with Crippen LogP contribution >= 0.6 is 0 Å². The molecule has 0 spiro atoms. The SMILES string of the molecule is CC(=O)C1=Cc2cc(NCc3cc(CC(=O)c4ccc(N(C)C)cc4)ccc3C)cnc2C1. The molecule has 0 saturated heterocycles. The van der Waals surface area contributed by atoms with Gasteiger partial charge in [0.2, 0.25) is 0 Å². The zero-order valence-corrected chi connectivity index (χ0v) is 19.6. The molecular weight excluding hydrogens is 410 g/mol. The van der Waals surface area contributed by atoms with Crippen molar-refractivity contribution in [2.75, 3.05) is 24.3 Å². The number of carbonyl (C=O) groups excluding carboxylic acids is 2. The highest BCUT2D eigenvalue weighted by atomic mass is 16.1. The minimum atomic E-state index is 0.0955. The Bertz CT molecular complexity index is 1240. The van der Waals surface area contributed by atoms with Crippen molar-refractivity contribution in [3.05, 3.63) is 93.8 Å². The fourth-order valence-electron chi connectivity index (χ4n) is 3.98. The number of pyridine rings is 1. The fraction of sp³-hybridized carbons (Fsp3) is 0.250. The van der Waals surface area contributed by atoms with Crippen LogP contribution in [0.15, 0.2) is 60.3 Å². The van der Waals surface area contributed by atoms with E-state index in [0.717, 1.165) is 44.9 Å². The van der Waals surface area contributed by atoms with Crippen LogP contribution in [0, 0.1) is 6.92 Å². The number of allylic oxidation sites excluding steroid dienone is 1. The van der Waals surface area contributed by atoms with Gasteiger partial charge >= 0.3 is 0 Å². The Morgan fingerprint density at radius 1 is 1.06 bits per heavy atom. The molecule has 0 unspecified atom stereocenters. The Morgan fingerprint density at radius 2 is 1.82 bits per heavy atom. The molecule has 2 aromatic carbocycles. The minimum absolute atomic E-state index is 0.0955. The van der Waals surface area contributed by atoms with Gasteiger partial charge in [-0.1, -0.05) is 18.2 Å². The Morgan fingerprint density at radius 3 is 2.52 bits per heavy atom. The van der Waals surface area contributed by atoms with Crippen LogP contribution in [0.3, 0.4) is 0 Å². The normalized spacial score (nSPS) is 12.2. The first-order valence-corrected chi connectivity index (χ1v) is 11.1. The number of nitrogens with one attached hydrogen (secondary N) is 1. The van der Waals surface area contributed by atoms with Crippen LogP contribution in [0.4, 0.5) is 11.4 Å². The number of carbonyl (C=O) groups is 2. The van der Waals surface area contributed by atoms with Gasteiger partial charge in [0.1, 0.15) is 0 Å². The molecule has 0 amide bonds. The quantitative estimate of drug-likeness (QED) is 0.499. The molecule has 5 nitrogen and oxygen atoms in total. The molecule has 168 valence electrons. The smallest absolute Gasteiger partial charge is 0.167 e. The summed E-state index contributed by atoms with van der Waals surface area (Å²) in [5.41, 5.74) is 8.77. The molecule has 0 aliphatic heterocycles. The molecule has 3 aromatic rings. The zero-order valence-electron chi connectivity index (χ0n) is 19.6. The van der Waals surface area contributed by atoms with E-state index < -0.39 is 0 Å². The standard InChI is InChI=1S/C28H29N3O2/c1-18-5-6-20(12-28(33)21-7-9-26(10-8-21)31(3)4)11-24(18)16-29-25-14-23-13-22(19(2)32)15-27(23)30-17-25/h5-11,13-14,17,29H,12,15-16H2,1-4H3. The number of aryl methyl sites for hydroxylation is 1. The van der Waals surface area contributed by atoms with E-state index in [0.29, 0.717) is 19.4 Å². The molecule has 0 atom stereocenters. The van der Waals surface area contributed by atoms with Crippen LogP contribution in [0.2, 0.25) is 0 Å². The van der Waals surface area contributed by atoms with E-state index in [2.05, 4.69) is 29.4 Å². The lowest BCUT2D eigenvalue weighted by atomic mass is 9.98. The molecule has 33 heavy (non-hydrogen) atoms. The molecule has 1 aromatic heterocycles. The Labute approximate surface area is 195 Å². The second kappa shape index (κ2) is 9.41. The van der Waals surface area contributed by atoms with Crippen LogP contribution in [0.1, 0.15) is 45.2 Å². The second-order valence-corrected chi connectivity index (χ2v) is 8.82. The van der Waals surface area contributed by atoms with Gasteiger partial charge in [-0.3, -0.25) is 14.6 Å². The number of rotatable bonds is 8. The number of Topliss-reactive ketones (excluding diaryl/α,β-unsaturated/α-hetero) is 2. The van der Waals surface area contributed by atoms with E-state index in [9.17, 15) is 9.59 Å². The maximum atomic E-state index is 12.8. The van der Waals surface area contributed by atoms with Crippen LogP contribution in [0.5, 0.6) is 0 Å². The van der Waals surface area contributed by atoms with Gasteiger partial charge in [-0.25, -0.2) is 0 Å². The number of hydrogen-bond donors (Lipinski definition) is 1. The first-order chi connectivity index (χ1) is 15.8. The minimum Gasteiger partial charge on any atom is -0.380 e. The van der Waals surface area contributed by atoms with Gasteiger partial charge in [-0.15, -0.1) is 0 Å². The first kappa shape index (κ1) is 22.5. The van der Waals surface area contributed by atoms with E-state index in [1.807, 2.05) is 67.7 Å². The molecular formula is C28H29N3O2. The van der Waals surface area contributed by atoms with Crippen molar-refractivity contribution < 1.29 is 9.59 Å². The van der Waals surface area contributed by atoms with Crippen LogP contribution in [0.25, 0.3) is 6.08 Å². The number of fused-ring (bicyclic) bond motifs is 1. The Kier molecular flexibility index (Phi) is 6.40. The number of aromatic nitrogens is 1. The lowest BCUT2D eigenvalue weighted by molar-refractivity contribution is -0.113. The van der Waals surface area contributed by atoms with Crippen LogP contribution < -0.4 is 10.2 Å². The molecule has 0 radical (unpaired) electrons. The lowest BCUT2D eigenvalue weighted by Gasteiger charge is -2.13. The summed E-state index contributed by atoms with van der Waals surface area (Å²) >= 11 is 0. The van der Waals surface area contributed by atoms with E-state index in [4.69, 9.17) is 0 Å². The molecule has 0 bridgehead atoms. The first-order valence-electron chi connectivity index (χ1n) is 11.1. The molecule has 0 fully saturated rings. The van der Waals surface area contributed by atoms with E-state index in [1.165, 1.54) is 5.56 Å². The number of anilines is 2. The maximum absolute atomic E-state index is 12.8. The van der Waals surface area contributed by atoms with Gasteiger partial charge in [0.15, 0.2) is 11.6 Å². The number of ketones is 2. The summed E-state index contributed by atoms with van der Waals surface area (Å²) in [6.07, 6.45) is 4.72. The predicted octanol–water partition coefficient (Wildman–Crippen LogP) is 5.02. The van der Waals surface area contributed by atoms with Gasteiger partial charge in [0, 0.05) is 50.3 Å². The Hall–Kier alpha value is -3.73. The molecule has 1 aliphatic rings. The van der Waals surface area contributed by atoms with Gasteiger partial charge in [-0.05, 0) is 72.5 Å². The topological polar surface area (TPSA) is 62.3 Å². The third-order valence-electron chi connectivity index (χ3n) is 6.11. The largest absolute Gasteiger partial charge is 0.380 e. The number of nitrogens with zero attached hydrogens (tertiary/aromatic N) is 2. The van der Waals surface area contributed by atoms with Gasteiger partial charge < -0.3 is 10.2 Å². The molecule has 4 rings (SSSR count). The van der Waals surface area contributed by atoms with E-state index >= 15 is 0 Å². The highest BCUT2D eigenvalue weighted by molar-refractivity contribution is 6.00. The van der Waals surface area contributed by atoms with Crippen molar-refractivity contribution in [2.45, 2.75) is 33.2 Å². The van der Waals surface area contributed by atoms with Gasteiger partial charge in [0.25, 0.3) is 0 Å². The highest BCUT2D eigenvalue weighted by Gasteiger charge is 2.17. The molecule has 1 aliphatic carbocycles. The summed E-state index contributed by atoms with van der Waals surface area (Å²) in [5, 5.41) is 3.44.